The number of alkyl halides is 2. The molecular weight excluding hydrogens is 286 g/mol. The van der Waals surface area contributed by atoms with Gasteiger partial charge in [-0.25, -0.2) is 25.6 Å². The van der Waals surface area contributed by atoms with E-state index < -0.39 is 41.5 Å². The van der Waals surface area contributed by atoms with Gasteiger partial charge >= 0.3 is 0 Å². The minimum atomic E-state index is -4.45. The number of halogens is 2. The normalized spacial score (nSPS) is 12.3. The molecule has 0 fully saturated rings. The van der Waals surface area contributed by atoms with Crippen LogP contribution in [0.5, 0.6) is 0 Å². The van der Waals surface area contributed by atoms with Crippen molar-refractivity contribution in [3.63, 3.8) is 0 Å². The second kappa shape index (κ2) is 5.15. The van der Waals surface area contributed by atoms with Gasteiger partial charge in [0.2, 0.25) is 19.7 Å². The standard InChI is InChI=1S/C10H10F2O4S2/c1-2-8-4-3-5-9(17(13,14)6-11)10(8)18(15,16)7-12/h2-5H,1,6-7H2. The molecule has 1 aromatic carbocycles. The van der Waals surface area contributed by atoms with Gasteiger partial charge in [0.1, 0.15) is 0 Å². The molecule has 4 nitrogen and oxygen atoms in total. The maximum Gasteiger partial charge on any atom is 0.209 e. The van der Waals surface area contributed by atoms with E-state index in [1.165, 1.54) is 12.1 Å². The Kier molecular flexibility index (Phi) is 4.23. The van der Waals surface area contributed by atoms with Crippen LogP contribution in [-0.4, -0.2) is 28.8 Å². The molecule has 100 valence electrons. The highest BCUT2D eigenvalue weighted by molar-refractivity contribution is 7.94. The summed E-state index contributed by atoms with van der Waals surface area (Å²) in [5, 5.41) is 0. The maximum absolute atomic E-state index is 12.5. The Morgan fingerprint density at radius 3 is 2.06 bits per heavy atom. The first-order valence-corrected chi connectivity index (χ1v) is 7.93. The van der Waals surface area contributed by atoms with Crippen LogP contribution in [0.15, 0.2) is 34.6 Å². The molecule has 0 aliphatic rings. The van der Waals surface area contributed by atoms with Crippen LogP contribution in [0.2, 0.25) is 0 Å². The van der Waals surface area contributed by atoms with E-state index in [-0.39, 0.29) is 5.56 Å². The molecule has 0 amide bonds. The third-order valence-corrected chi connectivity index (χ3v) is 4.95. The van der Waals surface area contributed by atoms with E-state index in [0.29, 0.717) is 0 Å². The largest absolute Gasteiger partial charge is 0.233 e. The van der Waals surface area contributed by atoms with Crippen molar-refractivity contribution < 1.29 is 25.6 Å². The number of hydrogen-bond acceptors (Lipinski definition) is 4. The van der Waals surface area contributed by atoms with Crippen LogP contribution in [-0.2, 0) is 19.7 Å². The highest BCUT2D eigenvalue weighted by atomic mass is 32.2. The van der Waals surface area contributed by atoms with Gasteiger partial charge in [0.15, 0.2) is 12.0 Å². The summed E-state index contributed by atoms with van der Waals surface area (Å²) < 4.78 is 71.0. The summed E-state index contributed by atoms with van der Waals surface area (Å²) in [6.07, 6.45) is 1.07. The summed E-state index contributed by atoms with van der Waals surface area (Å²) in [7, 11) is -8.86. The molecule has 0 unspecified atom stereocenters. The molecule has 0 radical (unpaired) electrons. The molecule has 1 aromatic rings. The summed E-state index contributed by atoms with van der Waals surface area (Å²) in [5.41, 5.74) is -0.0813. The van der Waals surface area contributed by atoms with E-state index in [4.69, 9.17) is 0 Å². The summed E-state index contributed by atoms with van der Waals surface area (Å²) in [6, 6.07) is -0.122. The first-order valence-electron chi connectivity index (χ1n) is 4.63. The van der Waals surface area contributed by atoms with Crippen molar-refractivity contribution in [2.75, 3.05) is 12.0 Å². The Hall–Kier alpha value is -1.28. The van der Waals surface area contributed by atoms with Crippen LogP contribution < -0.4 is 0 Å². The molecule has 0 heterocycles. The van der Waals surface area contributed by atoms with Crippen LogP contribution in [0.3, 0.4) is 0 Å². The van der Waals surface area contributed by atoms with Crippen molar-refractivity contribution in [1.82, 2.24) is 0 Å². The third kappa shape index (κ3) is 2.59. The van der Waals surface area contributed by atoms with Gasteiger partial charge in [0, 0.05) is 0 Å². The van der Waals surface area contributed by atoms with Gasteiger partial charge in [0.05, 0.1) is 9.79 Å². The van der Waals surface area contributed by atoms with E-state index in [2.05, 4.69) is 6.58 Å². The lowest BCUT2D eigenvalue weighted by atomic mass is 10.2. The minimum absolute atomic E-state index is 0.0813. The predicted molar refractivity (Wildman–Crippen MR) is 62.9 cm³/mol. The number of rotatable bonds is 5. The smallest absolute Gasteiger partial charge is 0.209 e. The number of hydrogen-bond donors (Lipinski definition) is 0. The SMILES string of the molecule is C=Cc1cccc(S(=O)(=O)CF)c1S(=O)(=O)CF. The predicted octanol–water partition coefficient (Wildman–Crippen LogP) is 1.73. The zero-order chi connectivity index (χ0) is 14.0. The molecule has 0 spiro atoms. The molecular formula is C10H10F2O4S2. The van der Waals surface area contributed by atoms with Crippen LogP contribution in [0.1, 0.15) is 5.56 Å². The minimum Gasteiger partial charge on any atom is -0.233 e. The summed E-state index contributed by atoms with van der Waals surface area (Å²) in [6.45, 7) is 3.31. The monoisotopic (exact) mass is 296 g/mol. The highest BCUT2D eigenvalue weighted by Crippen LogP contribution is 2.28. The average molecular weight is 296 g/mol. The lowest BCUT2D eigenvalue weighted by Gasteiger charge is -2.10. The van der Waals surface area contributed by atoms with Crippen molar-refractivity contribution in [2.24, 2.45) is 0 Å². The Morgan fingerprint density at radius 2 is 1.61 bits per heavy atom. The topological polar surface area (TPSA) is 68.3 Å². The van der Waals surface area contributed by atoms with Crippen LogP contribution in [0.4, 0.5) is 8.78 Å². The fourth-order valence-corrected chi connectivity index (χ4v) is 3.94. The zero-order valence-corrected chi connectivity index (χ0v) is 10.8. The van der Waals surface area contributed by atoms with E-state index in [9.17, 15) is 25.6 Å². The quantitative estimate of drug-likeness (QED) is 0.830. The number of sulfone groups is 2. The van der Waals surface area contributed by atoms with Gasteiger partial charge < -0.3 is 0 Å². The van der Waals surface area contributed by atoms with Gasteiger partial charge in [-0.1, -0.05) is 24.8 Å². The zero-order valence-electron chi connectivity index (χ0n) is 9.14. The summed E-state index contributed by atoms with van der Waals surface area (Å²) in [5.74, 6) is 0. The molecule has 0 bridgehead atoms. The van der Waals surface area contributed by atoms with Crippen LogP contribution >= 0.6 is 0 Å². The summed E-state index contributed by atoms with van der Waals surface area (Å²) in [4.78, 5) is -1.50. The lowest BCUT2D eigenvalue weighted by Crippen LogP contribution is -2.13. The van der Waals surface area contributed by atoms with Crippen LogP contribution in [0, 0.1) is 0 Å². The highest BCUT2D eigenvalue weighted by Gasteiger charge is 2.28. The van der Waals surface area contributed by atoms with Crippen molar-refractivity contribution in [3.05, 3.63) is 30.3 Å². The molecule has 0 aliphatic carbocycles. The third-order valence-electron chi connectivity index (χ3n) is 2.16. The molecule has 0 aromatic heterocycles. The average Bonchev–Trinajstić information content (AvgIpc) is 2.37. The van der Waals surface area contributed by atoms with E-state index in [0.717, 1.165) is 12.1 Å². The Balaban J connectivity index is 3.82. The Labute approximate surface area is 104 Å². The molecule has 1 rings (SSSR count). The van der Waals surface area contributed by atoms with Gasteiger partial charge in [-0.2, -0.15) is 0 Å². The molecule has 18 heavy (non-hydrogen) atoms. The van der Waals surface area contributed by atoms with Gasteiger partial charge in [-0.05, 0) is 11.6 Å². The fourth-order valence-electron chi connectivity index (χ4n) is 1.38. The first kappa shape index (κ1) is 14.8. The van der Waals surface area contributed by atoms with Crippen molar-refractivity contribution in [3.8, 4) is 0 Å². The molecule has 8 heteroatoms. The van der Waals surface area contributed by atoms with E-state index in [1.54, 1.807) is 0 Å². The van der Waals surface area contributed by atoms with E-state index >= 15 is 0 Å². The van der Waals surface area contributed by atoms with Gasteiger partial charge in [-0.3, -0.25) is 0 Å². The molecule has 0 aliphatic heterocycles. The first-order chi connectivity index (χ1) is 8.30. The second-order valence-electron chi connectivity index (χ2n) is 3.33. The summed E-state index contributed by atoms with van der Waals surface area (Å²) >= 11 is 0. The Bertz CT molecular complexity index is 663. The van der Waals surface area contributed by atoms with Crippen molar-refractivity contribution >= 4 is 25.8 Å². The van der Waals surface area contributed by atoms with Crippen molar-refractivity contribution in [2.45, 2.75) is 9.79 Å². The lowest BCUT2D eigenvalue weighted by molar-refractivity contribution is 0.524. The van der Waals surface area contributed by atoms with E-state index in [1.807, 2.05) is 0 Å². The molecule has 0 saturated heterocycles. The van der Waals surface area contributed by atoms with Crippen molar-refractivity contribution in [1.29, 1.82) is 0 Å². The Morgan fingerprint density at radius 1 is 1.06 bits per heavy atom. The van der Waals surface area contributed by atoms with Crippen LogP contribution in [0.25, 0.3) is 6.08 Å². The number of benzene rings is 1. The molecule has 0 saturated carbocycles. The maximum atomic E-state index is 12.5. The van der Waals surface area contributed by atoms with Gasteiger partial charge in [-0.15, -0.1) is 0 Å². The molecule has 0 atom stereocenters. The molecule has 0 N–H and O–H groups in total. The fraction of sp³-hybridized carbons (Fsp3) is 0.200. The second-order valence-corrected chi connectivity index (χ2v) is 7.07. The van der Waals surface area contributed by atoms with Gasteiger partial charge in [0.25, 0.3) is 0 Å².